The highest BCUT2D eigenvalue weighted by molar-refractivity contribution is 9.11. The fraction of sp³-hybridized carbons (Fsp3) is 0.400. The molecule has 0 aliphatic rings. The predicted molar refractivity (Wildman–Crippen MR) is 63.8 cm³/mol. The van der Waals surface area contributed by atoms with E-state index in [1.807, 2.05) is 13.0 Å². The molecule has 5 heteroatoms. The number of carbonyl (C=O) groups is 1. The first-order valence-corrected chi connectivity index (χ1v) is 6.21. The highest BCUT2D eigenvalue weighted by Crippen LogP contribution is 2.22. The van der Waals surface area contributed by atoms with Gasteiger partial charge in [0.05, 0.1) is 21.2 Å². The number of halogens is 1. The molecular weight excluding hydrogens is 276 g/mol. The van der Waals surface area contributed by atoms with Crippen molar-refractivity contribution < 1.29 is 4.79 Å². The minimum absolute atomic E-state index is 0.0524. The molecule has 80 valence electrons. The first-order valence-electron chi connectivity index (χ1n) is 4.60. The lowest BCUT2D eigenvalue weighted by molar-refractivity contribution is 0.0941. The number of rotatable bonds is 4. The summed E-state index contributed by atoms with van der Waals surface area (Å²) in [6.45, 7) is 1.95. The maximum Gasteiger partial charge on any atom is 0.261 e. The zero-order valence-corrected chi connectivity index (χ0v) is 10.7. The van der Waals surface area contributed by atoms with E-state index in [1.165, 1.54) is 11.3 Å². The van der Waals surface area contributed by atoms with Gasteiger partial charge in [0, 0.05) is 6.04 Å². The standard InChI is InChI=1S/C10H11BrN2OS/c1-2-7(5-6-12)13-10(14)8-3-4-9(11)15-8/h3-4,7H,2,5H2,1H3,(H,13,14). The molecule has 0 aromatic carbocycles. The Morgan fingerprint density at radius 2 is 2.47 bits per heavy atom. The first-order chi connectivity index (χ1) is 7.17. The SMILES string of the molecule is CCC(CC#N)NC(=O)c1ccc(Br)s1. The average molecular weight is 287 g/mol. The monoisotopic (exact) mass is 286 g/mol. The molecule has 0 aliphatic heterocycles. The van der Waals surface area contributed by atoms with Crippen molar-refractivity contribution in [3.05, 3.63) is 20.8 Å². The van der Waals surface area contributed by atoms with E-state index < -0.39 is 0 Å². The van der Waals surface area contributed by atoms with Gasteiger partial charge in [0.1, 0.15) is 0 Å². The molecule has 1 N–H and O–H groups in total. The molecule has 0 radical (unpaired) electrons. The molecule has 0 saturated heterocycles. The van der Waals surface area contributed by atoms with Gasteiger partial charge in [0.25, 0.3) is 5.91 Å². The molecule has 0 fully saturated rings. The van der Waals surface area contributed by atoms with E-state index >= 15 is 0 Å². The summed E-state index contributed by atoms with van der Waals surface area (Å²) in [5.74, 6) is -0.104. The summed E-state index contributed by atoms with van der Waals surface area (Å²) in [5, 5.41) is 11.4. The zero-order valence-electron chi connectivity index (χ0n) is 8.29. The summed E-state index contributed by atoms with van der Waals surface area (Å²) >= 11 is 4.69. The molecule has 1 rings (SSSR count). The summed E-state index contributed by atoms with van der Waals surface area (Å²) in [5.41, 5.74) is 0. The fourth-order valence-electron chi connectivity index (χ4n) is 1.10. The van der Waals surface area contributed by atoms with E-state index in [-0.39, 0.29) is 11.9 Å². The minimum atomic E-state index is -0.104. The van der Waals surface area contributed by atoms with E-state index in [4.69, 9.17) is 5.26 Å². The molecule has 1 aromatic heterocycles. The van der Waals surface area contributed by atoms with Gasteiger partial charge in [-0.25, -0.2) is 0 Å². The summed E-state index contributed by atoms with van der Waals surface area (Å²) in [7, 11) is 0. The third-order valence-corrected chi connectivity index (χ3v) is 3.59. The fourth-order valence-corrected chi connectivity index (χ4v) is 2.39. The van der Waals surface area contributed by atoms with Crippen LogP contribution < -0.4 is 5.32 Å². The van der Waals surface area contributed by atoms with Crippen LogP contribution in [0.2, 0.25) is 0 Å². The van der Waals surface area contributed by atoms with Crippen LogP contribution in [0.1, 0.15) is 29.4 Å². The van der Waals surface area contributed by atoms with Crippen molar-refractivity contribution >= 4 is 33.2 Å². The smallest absolute Gasteiger partial charge is 0.261 e. The molecule has 0 bridgehead atoms. The van der Waals surface area contributed by atoms with Crippen LogP contribution in [0.15, 0.2) is 15.9 Å². The normalized spacial score (nSPS) is 11.8. The second-order valence-corrected chi connectivity index (χ2v) is 5.51. The van der Waals surface area contributed by atoms with E-state index in [2.05, 4.69) is 27.3 Å². The Morgan fingerprint density at radius 3 is 2.93 bits per heavy atom. The Hall–Kier alpha value is -0.860. The molecule has 3 nitrogen and oxygen atoms in total. The number of hydrogen-bond donors (Lipinski definition) is 1. The molecule has 0 saturated carbocycles. The molecule has 0 aliphatic carbocycles. The van der Waals surface area contributed by atoms with E-state index in [9.17, 15) is 4.79 Å². The van der Waals surface area contributed by atoms with Crippen molar-refractivity contribution in [3.63, 3.8) is 0 Å². The Morgan fingerprint density at radius 1 is 1.73 bits per heavy atom. The van der Waals surface area contributed by atoms with Crippen molar-refractivity contribution in [2.24, 2.45) is 0 Å². The third-order valence-electron chi connectivity index (χ3n) is 1.96. The quantitative estimate of drug-likeness (QED) is 0.925. The maximum atomic E-state index is 11.7. The molecule has 1 aromatic rings. The van der Waals surface area contributed by atoms with Crippen molar-refractivity contribution in [1.82, 2.24) is 5.32 Å². The lowest BCUT2D eigenvalue weighted by Gasteiger charge is -2.12. The van der Waals surface area contributed by atoms with E-state index in [0.29, 0.717) is 11.3 Å². The number of nitriles is 1. The summed E-state index contributed by atoms with van der Waals surface area (Å²) in [6.07, 6.45) is 1.13. The molecule has 1 atom stereocenters. The maximum absolute atomic E-state index is 11.7. The largest absolute Gasteiger partial charge is 0.348 e. The van der Waals surface area contributed by atoms with Gasteiger partial charge in [0.15, 0.2) is 0 Å². The zero-order chi connectivity index (χ0) is 11.3. The third kappa shape index (κ3) is 3.65. The lowest BCUT2D eigenvalue weighted by atomic mass is 10.1. The van der Waals surface area contributed by atoms with Gasteiger partial charge in [-0.2, -0.15) is 5.26 Å². The van der Waals surface area contributed by atoms with E-state index in [1.54, 1.807) is 6.07 Å². The number of nitrogens with zero attached hydrogens (tertiary/aromatic N) is 1. The van der Waals surface area contributed by atoms with Crippen LogP contribution in [0.5, 0.6) is 0 Å². The lowest BCUT2D eigenvalue weighted by Crippen LogP contribution is -2.33. The number of nitrogens with one attached hydrogen (secondary N) is 1. The predicted octanol–water partition coefficient (Wildman–Crippen LogP) is 2.93. The van der Waals surface area contributed by atoms with Crippen LogP contribution in [0.4, 0.5) is 0 Å². The molecule has 1 heterocycles. The van der Waals surface area contributed by atoms with Gasteiger partial charge in [-0.05, 0) is 34.5 Å². The van der Waals surface area contributed by atoms with Gasteiger partial charge < -0.3 is 5.32 Å². The minimum Gasteiger partial charge on any atom is -0.348 e. The number of thiophene rings is 1. The van der Waals surface area contributed by atoms with Crippen LogP contribution in [-0.4, -0.2) is 11.9 Å². The highest BCUT2D eigenvalue weighted by atomic mass is 79.9. The van der Waals surface area contributed by atoms with Crippen molar-refractivity contribution in [2.45, 2.75) is 25.8 Å². The molecular formula is C10H11BrN2OS. The first kappa shape index (κ1) is 12.2. The van der Waals surface area contributed by atoms with Crippen LogP contribution in [0, 0.1) is 11.3 Å². The topological polar surface area (TPSA) is 52.9 Å². The summed E-state index contributed by atoms with van der Waals surface area (Å²) < 4.78 is 0.931. The van der Waals surface area contributed by atoms with Gasteiger partial charge in [0.2, 0.25) is 0 Å². The second kappa shape index (κ2) is 5.89. The van der Waals surface area contributed by atoms with Crippen molar-refractivity contribution in [2.75, 3.05) is 0 Å². The molecule has 15 heavy (non-hydrogen) atoms. The number of hydrogen-bond acceptors (Lipinski definition) is 3. The van der Waals surface area contributed by atoms with E-state index in [0.717, 1.165) is 10.2 Å². The molecule has 1 amide bonds. The highest BCUT2D eigenvalue weighted by Gasteiger charge is 2.13. The van der Waals surface area contributed by atoms with Crippen LogP contribution in [-0.2, 0) is 0 Å². The Bertz CT molecular complexity index is 383. The molecule has 0 spiro atoms. The summed E-state index contributed by atoms with van der Waals surface area (Å²) in [6, 6.07) is 5.61. The molecule has 1 unspecified atom stereocenters. The Kier molecular flexibility index (Phi) is 4.79. The number of carbonyl (C=O) groups excluding carboxylic acids is 1. The van der Waals surface area contributed by atoms with Gasteiger partial charge >= 0.3 is 0 Å². The summed E-state index contributed by atoms with van der Waals surface area (Å²) in [4.78, 5) is 12.3. The van der Waals surface area contributed by atoms with Crippen molar-refractivity contribution in [1.29, 1.82) is 5.26 Å². The van der Waals surface area contributed by atoms with Crippen LogP contribution >= 0.6 is 27.3 Å². The number of amides is 1. The Balaban J connectivity index is 2.59. The average Bonchev–Trinajstić information content (AvgIpc) is 2.64. The second-order valence-electron chi connectivity index (χ2n) is 3.04. The van der Waals surface area contributed by atoms with Gasteiger partial charge in [-0.3, -0.25) is 4.79 Å². The van der Waals surface area contributed by atoms with Gasteiger partial charge in [-0.1, -0.05) is 6.92 Å². The van der Waals surface area contributed by atoms with Crippen molar-refractivity contribution in [3.8, 4) is 6.07 Å². The Labute approximate surface area is 101 Å². The van der Waals surface area contributed by atoms with Crippen LogP contribution in [0.25, 0.3) is 0 Å². The van der Waals surface area contributed by atoms with Gasteiger partial charge in [-0.15, -0.1) is 11.3 Å². The van der Waals surface area contributed by atoms with Crippen LogP contribution in [0.3, 0.4) is 0 Å².